The molecule has 0 saturated heterocycles. The van der Waals surface area contributed by atoms with Gasteiger partial charge in [0.25, 0.3) is 10.1 Å². The third kappa shape index (κ3) is 12.2. The van der Waals surface area contributed by atoms with Crippen molar-refractivity contribution >= 4 is 20.9 Å². The van der Waals surface area contributed by atoms with Crippen molar-refractivity contribution < 1.29 is 18.1 Å². The van der Waals surface area contributed by atoms with Gasteiger partial charge in [-0.05, 0) is 31.1 Å². The Kier molecular flexibility index (Phi) is 16.8. The lowest BCUT2D eigenvalue weighted by Crippen LogP contribution is -2.07. The zero-order valence-electron chi connectivity index (χ0n) is 25.0. The van der Waals surface area contributed by atoms with Crippen molar-refractivity contribution in [3.8, 4) is 5.75 Å². The molecule has 0 atom stereocenters. The molecule has 0 amide bonds. The summed E-state index contributed by atoms with van der Waals surface area (Å²) in [5.74, 6) is 0.0770. The predicted molar refractivity (Wildman–Crippen MR) is 167 cm³/mol. The van der Waals surface area contributed by atoms with Crippen LogP contribution in [0.4, 0.5) is 0 Å². The summed E-state index contributed by atoms with van der Waals surface area (Å²) in [4.78, 5) is -0.0988. The zero-order valence-corrected chi connectivity index (χ0v) is 25.8. The Morgan fingerprint density at radius 1 is 0.538 bits per heavy atom. The maximum absolute atomic E-state index is 12.5. The molecule has 0 spiro atoms. The zero-order chi connectivity index (χ0) is 28.3. The highest BCUT2D eigenvalue weighted by atomic mass is 32.2. The molecule has 0 saturated carbocycles. The minimum absolute atomic E-state index is 0.0770. The maximum atomic E-state index is 12.5. The minimum Gasteiger partial charge on any atom is -0.507 e. The summed E-state index contributed by atoms with van der Waals surface area (Å²) in [5.41, 5.74) is 1.23. The van der Waals surface area contributed by atoms with E-state index in [0.29, 0.717) is 17.4 Å². The predicted octanol–water partition coefficient (Wildman–Crippen LogP) is 10.7. The number of fused-ring (bicyclic) bond motifs is 1. The lowest BCUT2D eigenvalue weighted by Gasteiger charge is -2.18. The molecule has 39 heavy (non-hydrogen) atoms. The molecule has 2 N–H and O–H groups in total. The number of unbranched alkanes of at least 4 members (excludes halogenated alkanes) is 18. The molecule has 5 heteroatoms. The molecular weight excluding hydrogens is 504 g/mol. The first-order valence-electron chi connectivity index (χ1n) is 16.1. The van der Waals surface area contributed by atoms with Gasteiger partial charge in [0, 0.05) is 16.5 Å². The number of benzene rings is 2. The van der Waals surface area contributed by atoms with E-state index in [1.165, 1.54) is 96.3 Å². The van der Waals surface area contributed by atoms with Crippen molar-refractivity contribution in [2.75, 3.05) is 0 Å². The van der Waals surface area contributed by atoms with Crippen molar-refractivity contribution in [2.24, 2.45) is 0 Å². The van der Waals surface area contributed by atoms with Gasteiger partial charge in [-0.2, -0.15) is 8.42 Å². The van der Waals surface area contributed by atoms with Gasteiger partial charge in [-0.25, -0.2) is 0 Å². The second kappa shape index (κ2) is 19.5. The Morgan fingerprint density at radius 2 is 0.897 bits per heavy atom. The summed E-state index contributed by atoms with van der Waals surface area (Å²) in [7, 11) is -4.47. The lowest BCUT2D eigenvalue weighted by molar-refractivity contribution is 0.450. The fourth-order valence-corrected chi connectivity index (χ4v) is 6.85. The summed E-state index contributed by atoms with van der Waals surface area (Å²) >= 11 is 0. The van der Waals surface area contributed by atoms with Gasteiger partial charge in [0.15, 0.2) is 0 Å². The smallest absolute Gasteiger partial charge is 0.295 e. The second-order valence-corrected chi connectivity index (χ2v) is 12.9. The average molecular weight is 561 g/mol. The molecule has 0 bridgehead atoms. The van der Waals surface area contributed by atoms with E-state index in [4.69, 9.17) is 0 Å². The summed E-state index contributed by atoms with van der Waals surface area (Å²) in [6, 6.07) is 7.32. The van der Waals surface area contributed by atoms with Gasteiger partial charge < -0.3 is 5.11 Å². The van der Waals surface area contributed by atoms with Gasteiger partial charge in [-0.15, -0.1) is 0 Å². The van der Waals surface area contributed by atoms with E-state index >= 15 is 0 Å². The molecule has 0 aliphatic carbocycles. The Morgan fingerprint density at radius 3 is 1.31 bits per heavy atom. The molecule has 222 valence electrons. The van der Waals surface area contributed by atoms with E-state index in [2.05, 4.69) is 13.8 Å². The summed E-state index contributed by atoms with van der Waals surface area (Å²) in [6.45, 7) is 4.49. The van der Waals surface area contributed by atoms with Crippen LogP contribution in [0.15, 0.2) is 29.2 Å². The van der Waals surface area contributed by atoms with Crippen LogP contribution in [0.5, 0.6) is 5.75 Å². The standard InChI is InChI=1S/C34H56O4S/c1-3-5-7-9-11-13-15-17-19-21-26-30-29-25-23-24-27-31(29)34(39(36,37)38)32(33(30)35)28-22-20-18-16-14-12-10-8-6-4-2/h23-25,27,35H,3-22,26,28H2,1-2H3,(H,36,37,38). The van der Waals surface area contributed by atoms with Crippen LogP contribution in [0.3, 0.4) is 0 Å². The molecular formula is C34H56O4S. The van der Waals surface area contributed by atoms with Crippen molar-refractivity contribution in [3.05, 3.63) is 35.4 Å². The van der Waals surface area contributed by atoms with Crippen molar-refractivity contribution in [1.82, 2.24) is 0 Å². The molecule has 2 aromatic rings. The Labute approximate surface area is 239 Å². The van der Waals surface area contributed by atoms with Gasteiger partial charge in [-0.3, -0.25) is 4.55 Å². The fourth-order valence-electron chi connectivity index (χ4n) is 5.88. The van der Waals surface area contributed by atoms with Crippen LogP contribution in [0.25, 0.3) is 10.8 Å². The number of aromatic hydroxyl groups is 1. The summed E-state index contributed by atoms with van der Waals surface area (Å²) in [5, 5.41) is 12.6. The monoisotopic (exact) mass is 560 g/mol. The van der Waals surface area contributed by atoms with Gasteiger partial charge in [0.1, 0.15) is 10.6 Å². The van der Waals surface area contributed by atoms with Gasteiger partial charge in [-0.1, -0.05) is 154 Å². The molecule has 2 aromatic carbocycles. The minimum atomic E-state index is -4.47. The summed E-state index contributed by atoms with van der Waals surface area (Å²) < 4.78 is 35.2. The van der Waals surface area contributed by atoms with Crippen LogP contribution in [-0.4, -0.2) is 18.1 Å². The topological polar surface area (TPSA) is 74.6 Å². The molecule has 0 fully saturated rings. The average Bonchev–Trinajstić information content (AvgIpc) is 2.91. The van der Waals surface area contributed by atoms with E-state index in [1.807, 2.05) is 18.2 Å². The largest absolute Gasteiger partial charge is 0.507 e. The highest BCUT2D eigenvalue weighted by Gasteiger charge is 2.25. The third-order valence-electron chi connectivity index (χ3n) is 8.16. The highest BCUT2D eigenvalue weighted by molar-refractivity contribution is 7.86. The van der Waals surface area contributed by atoms with Crippen molar-refractivity contribution in [3.63, 3.8) is 0 Å². The maximum Gasteiger partial charge on any atom is 0.295 e. The highest BCUT2D eigenvalue weighted by Crippen LogP contribution is 2.39. The number of hydrogen-bond acceptors (Lipinski definition) is 3. The van der Waals surface area contributed by atoms with E-state index in [9.17, 15) is 18.1 Å². The number of hydrogen-bond donors (Lipinski definition) is 2. The van der Waals surface area contributed by atoms with Crippen LogP contribution < -0.4 is 0 Å². The van der Waals surface area contributed by atoms with Crippen LogP contribution in [0, 0.1) is 0 Å². The first-order chi connectivity index (χ1) is 18.9. The quantitative estimate of drug-likeness (QED) is 0.105. The Hall–Kier alpha value is -1.59. The number of phenolic OH excluding ortho intramolecular Hbond substituents is 1. The molecule has 0 aliphatic rings. The van der Waals surface area contributed by atoms with Crippen LogP contribution >= 0.6 is 0 Å². The molecule has 2 rings (SSSR count). The summed E-state index contributed by atoms with van der Waals surface area (Å²) in [6.07, 6.45) is 25.6. The molecule has 0 aromatic heterocycles. The van der Waals surface area contributed by atoms with Gasteiger partial charge in [0.05, 0.1) is 0 Å². The van der Waals surface area contributed by atoms with Gasteiger partial charge >= 0.3 is 0 Å². The van der Waals surface area contributed by atoms with E-state index in [-0.39, 0.29) is 10.6 Å². The lowest BCUT2D eigenvalue weighted by atomic mass is 9.92. The van der Waals surface area contributed by atoms with Crippen LogP contribution in [0.1, 0.15) is 153 Å². The van der Waals surface area contributed by atoms with Crippen LogP contribution in [-0.2, 0) is 23.0 Å². The Bertz CT molecular complexity index is 1040. The van der Waals surface area contributed by atoms with E-state index in [1.54, 1.807) is 6.07 Å². The van der Waals surface area contributed by atoms with Crippen LogP contribution in [0.2, 0.25) is 0 Å². The SMILES string of the molecule is CCCCCCCCCCCCc1c(O)c(CCCCCCCCCCCC)c2ccccc2c1S(=O)(=O)O. The molecule has 0 unspecified atom stereocenters. The third-order valence-corrected chi connectivity index (χ3v) is 9.14. The molecule has 0 radical (unpaired) electrons. The van der Waals surface area contributed by atoms with E-state index in [0.717, 1.165) is 49.5 Å². The first kappa shape index (κ1) is 33.6. The van der Waals surface area contributed by atoms with Gasteiger partial charge in [0.2, 0.25) is 0 Å². The van der Waals surface area contributed by atoms with Crippen molar-refractivity contribution in [2.45, 2.75) is 160 Å². The number of phenols is 1. The molecule has 4 nitrogen and oxygen atoms in total. The number of aryl methyl sites for hydroxylation is 1. The molecule has 0 heterocycles. The second-order valence-electron chi connectivity index (χ2n) is 11.5. The Balaban J connectivity index is 1.99. The van der Waals surface area contributed by atoms with E-state index < -0.39 is 10.1 Å². The number of rotatable bonds is 23. The van der Waals surface area contributed by atoms with Crippen molar-refractivity contribution in [1.29, 1.82) is 0 Å². The molecule has 0 aliphatic heterocycles. The first-order valence-corrected chi connectivity index (χ1v) is 17.6. The normalized spacial score (nSPS) is 12.0. The fraction of sp³-hybridized carbons (Fsp3) is 0.706.